The van der Waals surface area contributed by atoms with Crippen molar-refractivity contribution in [3.05, 3.63) is 18.3 Å². The van der Waals surface area contributed by atoms with E-state index in [-0.39, 0.29) is 5.60 Å². The van der Waals surface area contributed by atoms with Crippen LogP contribution in [-0.2, 0) is 10.3 Å². The maximum absolute atomic E-state index is 5.57. The van der Waals surface area contributed by atoms with Gasteiger partial charge in [0.2, 0.25) is 11.7 Å². The Kier molecular flexibility index (Phi) is 1.92. The predicted molar refractivity (Wildman–Crippen MR) is 46.9 cm³/mol. The Balaban J connectivity index is 2.28. The van der Waals surface area contributed by atoms with Gasteiger partial charge in [-0.1, -0.05) is 11.7 Å². The lowest BCUT2D eigenvalue weighted by atomic mass is 10.0. The summed E-state index contributed by atoms with van der Waals surface area (Å²) < 4.78 is 10.5. The SMILES string of the molecule is C=Cc1nc(C2(C)CCCO2)no1. The smallest absolute Gasteiger partial charge is 0.250 e. The molecular formula is C9H12N2O2. The van der Waals surface area contributed by atoms with Gasteiger partial charge < -0.3 is 9.26 Å². The molecule has 1 unspecified atom stereocenters. The summed E-state index contributed by atoms with van der Waals surface area (Å²) in [5.74, 6) is 1.08. The van der Waals surface area contributed by atoms with E-state index >= 15 is 0 Å². The fourth-order valence-electron chi connectivity index (χ4n) is 1.49. The van der Waals surface area contributed by atoms with Gasteiger partial charge in [0.05, 0.1) is 0 Å². The Labute approximate surface area is 76.6 Å². The zero-order chi connectivity index (χ0) is 9.31. The van der Waals surface area contributed by atoms with Crippen LogP contribution in [-0.4, -0.2) is 16.7 Å². The molecule has 2 heterocycles. The average Bonchev–Trinajstić information content (AvgIpc) is 2.72. The summed E-state index contributed by atoms with van der Waals surface area (Å²) in [5, 5.41) is 3.86. The molecule has 0 aromatic carbocycles. The molecule has 0 N–H and O–H groups in total. The van der Waals surface area contributed by atoms with Gasteiger partial charge in [0.25, 0.3) is 0 Å². The lowest BCUT2D eigenvalue weighted by molar-refractivity contribution is 0.00768. The summed E-state index contributed by atoms with van der Waals surface area (Å²) in [6, 6.07) is 0. The van der Waals surface area contributed by atoms with Crippen LogP contribution in [0.2, 0.25) is 0 Å². The molecule has 0 spiro atoms. The van der Waals surface area contributed by atoms with Gasteiger partial charge in [0.1, 0.15) is 5.60 Å². The monoisotopic (exact) mass is 180 g/mol. The van der Waals surface area contributed by atoms with Crippen LogP contribution in [0, 0.1) is 0 Å². The highest BCUT2D eigenvalue weighted by Gasteiger charge is 2.36. The van der Waals surface area contributed by atoms with E-state index in [1.165, 1.54) is 6.08 Å². The van der Waals surface area contributed by atoms with E-state index in [4.69, 9.17) is 9.26 Å². The van der Waals surface area contributed by atoms with Crippen molar-refractivity contribution in [3.63, 3.8) is 0 Å². The molecule has 0 saturated carbocycles. The van der Waals surface area contributed by atoms with Crippen molar-refractivity contribution in [1.29, 1.82) is 0 Å². The topological polar surface area (TPSA) is 48.2 Å². The first-order valence-electron chi connectivity index (χ1n) is 4.35. The van der Waals surface area contributed by atoms with Crippen LogP contribution < -0.4 is 0 Å². The third-order valence-corrected chi connectivity index (χ3v) is 2.31. The van der Waals surface area contributed by atoms with Crippen molar-refractivity contribution in [2.45, 2.75) is 25.4 Å². The van der Waals surface area contributed by atoms with Crippen molar-refractivity contribution in [2.75, 3.05) is 6.61 Å². The normalized spacial score (nSPS) is 27.8. The Hall–Kier alpha value is -1.16. The van der Waals surface area contributed by atoms with Gasteiger partial charge >= 0.3 is 0 Å². The first kappa shape index (κ1) is 8.44. The fraction of sp³-hybridized carbons (Fsp3) is 0.556. The van der Waals surface area contributed by atoms with E-state index in [2.05, 4.69) is 16.7 Å². The van der Waals surface area contributed by atoms with E-state index in [1.807, 2.05) is 6.92 Å². The number of hydrogen-bond donors (Lipinski definition) is 0. The predicted octanol–water partition coefficient (Wildman–Crippen LogP) is 1.74. The summed E-state index contributed by atoms with van der Waals surface area (Å²) >= 11 is 0. The molecule has 1 saturated heterocycles. The van der Waals surface area contributed by atoms with Gasteiger partial charge in [-0.25, -0.2) is 0 Å². The zero-order valence-corrected chi connectivity index (χ0v) is 7.62. The van der Waals surface area contributed by atoms with Crippen molar-refractivity contribution in [1.82, 2.24) is 10.1 Å². The molecule has 4 nitrogen and oxygen atoms in total. The fourth-order valence-corrected chi connectivity index (χ4v) is 1.49. The van der Waals surface area contributed by atoms with Gasteiger partial charge in [-0.2, -0.15) is 4.98 Å². The van der Waals surface area contributed by atoms with Gasteiger partial charge in [-0.15, -0.1) is 0 Å². The molecule has 70 valence electrons. The standard InChI is InChI=1S/C9H12N2O2/c1-3-7-10-8(11-13-7)9(2)5-4-6-12-9/h3H,1,4-6H2,2H3. The molecule has 0 radical (unpaired) electrons. The summed E-state index contributed by atoms with van der Waals surface area (Å²) in [6.45, 7) is 6.31. The zero-order valence-electron chi connectivity index (χ0n) is 7.62. The Morgan fingerprint density at radius 2 is 2.46 bits per heavy atom. The van der Waals surface area contributed by atoms with Crippen molar-refractivity contribution in [2.24, 2.45) is 0 Å². The molecule has 0 aliphatic carbocycles. The van der Waals surface area contributed by atoms with E-state index in [1.54, 1.807) is 0 Å². The molecule has 1 fully saturated rings. The number of rotatable bonds is 2. The Morgan fingerprint density at radius 1 is 1.62 bits per heavy atom. The molecule has 1 aromatic heterocycles. The van der Waals surface area contributed by atoms with Crippen LogP contribution in [0.15, 0.2) is 11.1 Å². The van der Waals surface area contributed by atoms with Gasteiger partial charge in [0, 0.05) is 6.61 Å². The van der Waals surface area contributed by atoms with Crippen LogP contribution in [0.4, 0.5) is 0 Å². The van der Waals surface area contributed by atoms with Crippen LogP contribution in [0.1, 0.15) is 31.5 Å². The molecule has 4 heteroatoms. The molecular weight excluding hydrogens is 168 g/mol. The summed E-state index contributed by atoms with van der Waals surface area (Å²) in [5.41, 5.74) is -0.356. The number of hydrogen-bond acceptors (Lipinski definition) is 4. The van der Waals surface area contributed by atoms with E-state index in [9.17, 15) is 0 Å². The molecule has 2 rings (SSSR count). The van der Waals surface area contributed by atoms with Gasteiger partial charge in [0.15, 0.2) is 0 Å². The molecule has 0 amide bonds. The molecule has 1 atom stereocenters. The molecule has 0 bridgehead atoms. The van der Waals surface area contributed by atoms with Crippen molar-refractivity contribution in [3.8, 4) is 0 Å². The minimum Gasteiger partial charge on any atom is -0.367 e. The average molecular weight is 180 g/mol. The highest BCUT2D eigenvalue weighted by molar-refractivity contribution is 5.33. The Morgan fingerprint density at radius 3 is 3.00 bits per heavy atom. The second-order valence-electron chi connectivity index (χ2n) is 3.34. The first-order valence-corrected chi connectivity index (χ1v) is 4.35. The number of aromatic nitrogens is 2. The van der Waals surface area contributed by atoms with Crippen LogP contribution in [0.25, 0.3) is 6.08 Å². The highest BCUT2D eigenvalue weighted by Crippen LogP contribution is 2.33. The third-order valence-electron chi connectivity index (χ3n) is 2.31. The lowest BCUT2D eigenvalue weighted by Gasteiger charge is -2.17. The summed E-state index contributed by atoms with van der Waals surface area (Å²) in [4.78, 5) is 4.16. The molecule has 1 aliphatic heterocycles. The largest absolute Gasteiger partial charge is 0.367 e. The van der Waals surface area contributed by atoms with Gasteiger partial charge in [-0.05, 0) is 25.8 Å². The Bertz CT molecular complexity index is 313. The van der Waals surface area contributed by atoms with Crippen LogP contribution in [0.5, 0.6) is 0 Å². The first-order chi connectivity index (χ1) is 6.24. The molecule has 1 aliphatic rings. The van der Waals surface area contributed by atoms with Crippen molar-refractivity contribution < 1.29 is 9.26 Å². The van der Waals surface area contributed by atoms with E-state index in [0.717, 1.165) is 19.4 Å². The van der Waals surface area contributed by atoms with Crippen molar-refractivity contribution >= 4 is 6.08 Å². The second-order valence-corrected chi connectivity index (χ2v) is 3.34. The summed E-state index contributed by atoms with van der Waals surface area (Å²) in [6.07, 6.45) is 3.53. The van der Waals surface area contributed by atoms with Gasteiger partial charge in [-0.3, -0.25) is 0 Å². The minimum atomic E-state index is -0.356. The molecule has 13 heavy (non-hydrogen) atoms. The lowest BCUT2D eigenvalue weighted by Crippen LogP contribution is -2.21. The second kappa shape index (κ2) is 2.96. The minimum absolute atomic E-state index is 0.356. The third kappa shape index (κ3) is 1.37. The van der Waals surface area contributed by atoms with Crippen LogP contribution >= 0.6 is 0 Å². The van der Waals surface area contributed by atoms with E-state index in [0.29, 0.717) is 11.7 Å². The maximum Gasteiger partial charge on any atom is 0.250 e. The molecule has 1 aromatic rings. The number of ether oxygens (including phenoxy) is 1. The maximum atomic E-state index is 5.57. The van der Waals surface area contributed by atoms with E-state index < -0.39 is 0 Å². The van der Waals surface area contributed by atoms with Crippen LogP contribution in [0.3, 0.4) is 0 Å². The number of nitrogens with zero attached hydrogens (tertiary/aromatic N) is 2. The summed E-state index contributed by atoms with van der Waals surface area (Å²) in [7, 11) is 0. The highest BCUT2D eigenvalue weighted by atomic mass is 16.5. The quantitative estimate of drug-likeness (QED) is 0.695.